The second kappa shape index (κ2) is 6.10. The topological polar surface area (TPSA) is 32.3 Å². The summed E-state index contributed by atoms with van der Waals surface area (Å²) in [6.45, 7) is 1.09. The van der Waals surface area contributed by atoms with Crippen LogP contribution in [0.1, 0.15) is 37.7 Å². The van der Waals surface area contributed by atoms with Crippen molar-refractivity contribution in [2.45, 2.75) is 50.7 Å². The zero-order valence-electron chi connectivity index (χ0n) is 11.9. The van der Waals surface area contributed by atoms with Crippen molar-refractivity contribution in [2.24, 2.45) is 0 Å². The standard InChI is InChI=1S/C16H20F2N2O/c17-12-5-4-11(14(18)9-12)10-20(13-6-7-13)16(21)15-3-1-2-8-19-15/h4-5,9,13,15,19H,1-3,6-8,10H2/t15-/m0/s1. The molecule has 0 bridgehead atoms. The van der Waals surface area contributed by atoms with Crippen LogP contribution in [-0.4, -0.2) is 29.4 Å². The fourth-order valence-corrected chi connectivity index (χ4v) is 2.87. The van der Waals surface area contributed by atoms with Crippen LogP contribution in [0.2, 0.25) is 0 Å². The zero-order chi connectivity index (χ0) is 14.8. The summed E-state index contributed by atoms with van der Waals surface area (Å²) in [7, 11) is 0. The number of amides is 1. The molecule has 1 aliphatic heterocycles. The molecule has 3 rings (SSSR count). The summed E-state index contributed by atoms with van der Waals surface area (Å²) in [6.07, 6.45) is 4.93. The normalized spacial score (nSPS) is 22.1. The minimum atomic E-state index is -0.588. The third kappa shape index (κ3) is 3.40. The van der Waals surface area contributed by atoms with Gasteiger partial charge in [0, 0.05) is 24.2 Å². The number of benzene rings is 1. The molecule has 2 fully saturated rings. The third-order valence-electron chi connectivity index (χ3n) is 4.23. The molecule has 1 saturated heterocycles. The van der Waals surface area contributed by atoms with Crippen molar-refractivity contribution in [1.29, 1.82) is 0 Å². The summed E-state index contributed by atoms with van der Waals surface area (Å²) in [5.41, 5.74) is 0.382. The van der Waals surface area contributed by atoms with Gasteiger partial charge in [0.2, 0.25) is 5.91 Å². The summed E-state index contributed by atoms with van der Waals surface area (Å²) in [5.74, 6) is -1.11. The van der Waals surface area contributed by atoms with Gasteiger partial charge in [-0.1, -0.05) is 12.5 Å². The van der Waals surface area contributed by atoms with Gasteiger partial charge < -0.3 is 10.2 Å². The number of piperidine rings is 1. The quantitative estimate of drug-likeness (QED) is 0.926. The molecule has 1 aliphatic carbocycles. The number of nitrogens with zero attached hydrogens (tertiary/aromatic N) is 1. The maximum absolute atomic E-state index is 13.8. The Morgan fingerprint density at radius 3 is 2.67 bits per heavy atom. The summed E-state index contributed by atoms with van der Waals surface area (Å²) in [4.78, 5) is 14.4. The van der Waals surface area contributed by atoms with E-state index >= 15 is 0 Å². The lowest BCUT2D eigenvalue weighted by atomic mass is 10.0. The van der Waals surface area contributed by atoms with Gasteiger partial charge in [-0.2, -0.15) is 0 Å². The minimum Gasteiger partial charge on any atom is -0.334 e. The first-order valence-corrected chi connectivity index (χ1v) is 7.63. The van der Waals surface area contributed by atoms with E-state index in [2.05, 4.69) is 5.32 Å². The fraction of sp³-hybridized carbons (Fsp3) is 0.562. The molecule has 0 radical (unpaired) electrons. The molecule has 1 heterocycles. The van der Waals surface area contributed by atoms with Crippen LogP contribution in [0.15, 0.2) is 18.2 Å². The highest BCUT2D eigenvalue weighted by Gasteiger charge is 2.36. The highest BCUT2D eigenvalue weighted by molar-refractivity contribution is 5.82. The van der Waals surface area contributed by atoms with Crippen molar-refractivity contribution in [2.75, 3.05) is 6.54 Å². The van der Waals surface area contributed by atoms with Gasteiger partial charge in [0.15, 0.2) is 0 Å². The molecule has 5 heteroatoms. The van der Waals surface area contributed by atoms with Crippen molar-refractivity contribution in [3.05, 3.63) is 35.4 Å². The SMILES string of the molecule is O=C([C@@H]1CCCCN1)N(Cc1ccc(F)cc1F)C1CC1. The zero-order valence-corrected chi connectivity index (χ0v) is 11.9. The van der Waals surface area contributed by atoms with Crippen LogP contribution in [0.5, 0.6) is 0 Å². The van der Waals surface area contributed by atoms with Crippen LogP contribution in [0.4, 0.5) is 8.78 Å². The minimum absolute atomic E-state index is 0.0564. The van der Waals surface area contributed by atoms with Crippen molar-refractivity contribution >= 4 is 5.91 Å². The van der Waals surface area contributed by atoms with E-state index in [0.29, 0.717) is 5.56 Å². The second-order valence-corrected chi connectivity index (χ2v) is 5.94. The van der Waals surface area contributed by atoms with Gasteiger partial charge in [-0.25, -0.2) is 8.78 Å². The van der Waals surface area contributed by atoms with Crippen LogP contribution in [0.25, 0.3) is 0 Å². The number of carbonyl (C=O) groups is 1. The van der Waals surface area contributed by atoms with Crippen LogP contribution in [-0.2, 0) is 11.3 Å². The molecule has 1 amide bonds. The lowest BCUT2D eigenvalue weighted by molar-refractivity contribution is -0.135. The lowest BCUT2D eigenvalue weighted by Gasteiger charge is -2.30. The van der Waals surface area contributed by atoms with E-state index in [1.807, 2.05) is 0 Å². The molecule has 1 N–H and O–H groups in total. The number of halogens is 2. The van der Waals surface area contributed by atoms with Gasteiger partial charge in [0.25, 0.3) is 0 Å². The van der Waals surface area contributed by atoms with Crippen LogP contribution >= 0.6 is 0 Å². The Morgan fingerprint density at radius 2 is 2.05 bits per heavy atom. The van der Waals surface area contributed by atoms with Crippen LogP contribution < -0.4 is 5.32 Å². The van der Waals surface area contributed by atoms with Crippen molar-refractivity contribution in [1.82, 2.24) is 10.2 Å². The third-order valence-corrected chi connectivity index (χ3v) is 4.23. The van der Waals surface area contributed by atoms with Crippen molar-refractivity contribution < 1.29 is 13.6 Å². The van der Waals surface area contributed by atoms with Crippen molar-refractivity contribution in [3.8, 4) is 0 Å². The Bertz CT molecular complexity index is 525. The predicted molar refractivity (Wildman–Crippen MR) is 75.6 cm³/mol. The largest absolute Gasteiger partial charge is 0.334 e. The van der Waals surface area contributed by atoms with E-state index in [-0.39, 0.29) is 24.5 Å². The maximum atomic E-state index is 13.8. The molecule has 21 heavy (non-hydrogen) atoms. The lowest BCUT2D eigenvalue weighted by Crippen LogP contribution is -2.49. The monoisotopic (exact) mass is 294 g/mol. The van der Waals surface area contributed by atoms with Crippen LogP contribution in [0, 0.1) is 11.6 Å². The second-order valence-electron chi connectivity index (χ2n) is 5.94. The van der Waals surface area contributed by atoms with Gasteiger partial charge in [0.1, 0.15) is 11.6 Å². The molecule has 1 atom stereocenters. The number of carbonyl (C=O) groups excluding carboxylic acids is 1. The average Bonchev–Trinajstić information content (AvgIpc) is 3.31. The summed E-state index contributed by atoms with van der Waals surface area (Å²) in [6, 6.07) is 3.62. The summed E-state index contributed by atoms with van der Waals surface area (Å²) < 4.78 is 26.8. The number of hydrogen-bond donors (Lipinski definition) is 1. The van der Waals surface area contributed by atoms with E-state index in [9.17, 15) is 13.6 Å². The Balaban J connectivity index is 1.73. The van der Waals surface area contributed by atoms with Gasteiger partial charge in [-0.05, 0) is 38.3 Å². The Morgan fingerprint density at radius 1 is 1.24 bits per heavy atom. The molecule has 3 nitrogen and oxygen atoms in total. The average molecular weight is 294 g/mol. The van der Waals surface area contributed by atoms with Gasteiger partial charge >= 0.3 is 0 Å². The Labute approximate surface area is 123 Å². The number of rotatable bonds is 4. The molecule has 0 spiro atoms. The van der Waals surface area contributed by atoms with Crippen LogP contribution in [0.3, 0.4) is 0 Å². The molecule has 114 valence electrons. The van der Waals surface area contributed by atoms with E-state index < -0.39 is 11.6 Å². The number of hydrogen-bond acceptors (Lipinski definition) is 2. The van der Waals surface area contributed by atoms with E-state index in [0.717, 1.165) is 44.7 Å². The summed E-state index contributed by atoms with van der Waals surface area (Å²) in [5, 5.41) is 3.25. The first-order chi connectivity index (χ1) is 10.1. The first-order valence-electron chi connectivity index (χ1n) is 7.63. The summed E-state index contributed by atoms with van der Waals surface area (Å²) >= 11 is 0. The van der Waals surface area contributed by atoms with Crippen molar-refractivity contribution in [3.63, 3.8) is 0 Å². The molecule has 0 aromatic heterocycles. The molecular weight excluding hydrogens is 274 g/mol. The fourth-order valence-electron chi connectivity index (χ4n) is 2.87. The molecule has 0 unspecified atom stereocenters. The Kier molecular flexibility index (Phi) is 4.19. The number of nitrogens with one attached hydrogen (secondary N) is 1. The van der Waals surface area contributed by atoms with E-state index in [1.165, 1.54) is 12.1 Å². The molecular formula is C16H20F2N2O. The molecule has 1 saturated carbocycles. The smallest absolute Gasteiger partial charge is 0.240 e. The maximum Gasteiger partial charge on any atom is 0.240 e. The van der Waals surface area contributed by atoms with Gasteiger partial charge in [0.05, 0.1) is 6.04 Å². The predicted octanol–water partition coefficient (Wildman–Crippen LogP) is 2.60. The molecule has 1 aromatic carbocycles. The highest BCUT2D eigenvalue weighted by Crippen LogP contribution is 2.30. The van der Waals surface area contributed by atoms with E-state index in [4.69, 9.17) is 0 Å². The Hall–Kier alpha value is -1.49. The highest BCUT2D eigenvalue weighted by atomic mass is 19.1. The van der Waals surface area contributed by atoms with Gasteiger partial charge in [-0.15, -0.1) is 0 Å². The molecule has 2 aliphatic rings. The first kappa shape index (κ1) is 14.4. The van der Waals surface area contributed by atoms with E-state index in [1.54, 1.807) is 4.90 Å². The van der Waals surface area contributed by atoms with Gasteiger partial charge in [-0.3, -0.25) is 4.79 Å². The molecule has 1 aromatic rings.